The van der Waals surface area contributed by atoms with E-state index in [0.29, 0.717) is 27.8 Å². The van der Waals surface area contributed by atoms with Crippen LogP contribution in [-0.4, -0.2) is 31.1 Å². The van der Waals surface area contributed by atoms with Crippen molar-refractivity contribution < 1.29 is 27.6 Å². The van der Waals surface area contributed by atoms with Crippen LogP contribution in [0, 0.1) is 6.92 Å². The second kappa shape index (κ2) is 10.3. The zero-order valence-corrected chi connectivity index (χ0v) is 21.7. The lowest BCUT2D eigenvalue weighted by Gasteiger charge is -2.12. The molecule has 37 heavy (non-hydrogen) atoms. The number of halogens is 2. The third-order valence-corrected chi connectivity index (χ3v) is 7.08. The van der Waals surface area contributed by atoms with E-state index in [9.17, 15) is 22.9 Å². The maximum atomic E-state index is 13.1. The fourth-order valence-corrected chi connectivity index (χ4v) is 4.86. The van der Waals surface area contributed by atoms with Crippen molar-refractivity contribution in [2.24, 2.45) is 10.2 Å². The first-order valence-corrected chi connectivity index (χ1v) is 12.8. The number of carbonyl (C=O) groups excluding carboxylic acids is 1. The van der Waals surface area contributed by atoms with E-state index in [4.69, 9.17) is 27.9 Å². The van der Waals surface area contributed by atoms with Gasteiger partial charge < -0.3 is 15.2 Å². The van der Waals surface area contributed by atoms with Gasteiger partial charge in [-0.05, 0) is 48.2 Å². The molecule has 0 saturated carbocycles. The van der Waals surface area contributed by atoms with Crippen LogP contribution in [0.1, 0.15) is 15.9 Å². The van der Waals surface area contributed by atoms with Crippen molar-refractivity contribution in [1.82, 2.24) is 0 Å². The summed E-state index contributed by atoms with van der Waals surface area (Å²) in [7, 11) is -3.04. The van der Waals surface area contributed by atoms with Gasteiger partial charge in [0.25, 0.3) is 16.0 Å². The van der Waals surface area contributed by atoms with Gasteiger partial charge in [-0.2, -0.15) is 13.5 Å². The molecule has 0 saturated heterocycles. The molecule has 9 nitrogen and oxygen atoms in total. The third-order valence-electron chi connectivity index (χ3n) is 5.45. The highest BCUT2D eigenvalue weighted by Crippen LogP contribution is 2.40. The predicted molar refractivity (Wildman–Crippen MR) is 142 cm³/mol. The van der Waals surface area contributed by atoms with Crippen LogP contribution in [0.15, 0.2) is 75.8 Å². The Morgan fingerprint density at radius 2 is 1.73 bits per heavy atom. The van der Waals surface area contributed by atoms with Gasteiger partial charge in [0.05, 0.1) is 34.1 Å². The lowest BCUT2D eigenvalue weighted by Crippen LogP contribution is -2.12. The third kappa shape index (κ3) is 5.52. The van der Waals surface area contributed by atoms with Gasteiger partial charge in [-0.25, -0.2) is 0 Å². The summed E-state index contributed by atoms with van der Waals surface area (Å²) in [6.07, 6.45) is 0. The van der Waals surface area contributed by atoms with Crippen LogP contribution in [0.5, 0.6) is 11.5 Å². The molecule has 0 aromatic heterocycles. The minimum Gasteiger partial charge on any atom is -0.505 e. The number of rotatable bonds is 6. The Kier molecular flexibility index (Phi) is 7.37. The molecule has 0 radical (unpaired) electrons. The number of carbonyl (C=O) groups is 1. The number of ether oxygens (including phenoxy) is 1. The van der Waals surface area contributed by atoms with Crippen LogP contribution in [0.2, 0.25) is 10.0 Å². The zero-order valence-electron chi connectivity index (χ0n) is 19.4. The van der Waals surface area contributed by atoms with Gasteiger partial charge in [0.2, 0.25) is 0 Å². The van der Waals surface area contributed by atoms with Crippen LogP contribution in [0.3, 0.4) is 0 Å². The molecule has 0 bridgehead atoms. The molecule has 4 aromatic rings. The normalized spacial score (nSPS) is 11.7. The standard InChI is InChI=1S/C25H19Cl2N3O6S/c1-13-9-22(37(33,34)35)19(27)12-21(13)29-30-23-16-6-4-3-5-14(16)10-17(24(23)31)25(32)28-20-8-7-15(36-2)11-18(20)26/h3-12,31H,1-2H3,(H,28,32)(H,33,34,35). The molecule has 1 amide bonds. The summed E-state index contributed by atoms with van der Waals surface area (Å²) in [4.78, 5) is 12.6. The SMILES string of the molecule is COc1ccc(NC(=O)c2cc3ccccc3c(N=Nc3cc(Cl)c(S(=O)(=O)O)cc3C)c2O)c(Cl)c1. The number of phenolic OH excluding ortho intramolecular Hbond substituents is 1. The van der Waals surface area contributed by atoms with Crippen molar-refractivity contribution in [2.45, 2.75) is 11.8 Å². The molecule has 3 N–H and O–H groups in total. The van der Waals surface area contributed by atoms with Gasteiger partial charge in [0, 0.05) is 11.5 Å². The number of fused-ring (bicyclic) bond motifs is 1. The van der Waals surface area contributed by atoms with Crippen molar-refractivity contribution in [3.63, 3.8) is 0 Å². The molecular formula is C25H19Cl2N3O6S. The van der Waals surface area contributed by atoms with Crippen LogP contribution in [-0.2, 0) is 10.1 Å². The van der Waals surface area contributed by atoms with Crippen LogP contribution < -0.4 is 10.1 Å². The highest BCUT2D eigenvalue weighted by molar-refractivity contribution is 7.86. The number of azo groups is 1. The maximum absolute atomic E-state index is 13.1. The molecule has 0 fully saturated rings. The minimum atomic E-state index is -4.53. The van der Waals surface area contributed by atoms with Crippen molar-refractivity contribution in [3.05, 3.63) is 81.8 Å². The topological polar surface area (TPSA) is 138 Å². The molecule has 0 atom stereocenters. The Morgan fingerprint density at radius 3 is 2.41 bits per heavy atom. The molecule has 4 aromatic carbocycles. The van der Waals surface area contributed by atoms with Gasteiger partial charge in [-0.15, -0.1) is 5.11 Å². The molecule has 0 spiro atoms. The number of hydrogen-bond donors (Lipinski definition) is 3. The van der Waals surface area contributed by atoms with Crippen molar-refractivity contribution in [3.8, 4) is 11.5 Å². The second-order valence-corrected chi connectivity index (χ2v) is 10.1. The second-order valence-electron chi connectivity index (χ2n) is 7.89. The number of phenols is 1. The summed E-state index contributed by atoms with van der Waals surface area (Å²) >= 11 is 12.2. The first-order chi connectivity index (χ1) is 17.5. The van der Waals surface area contributed by atoms with E-state index in [0.717, 1.165) is 6.07 Å². The Balaban J connectivity index is 1.77. The van der Waals surface area contributed by atoms with Gasteiger partial charge >= 0.3 is 0 Å². The average molecular weight is 560 g/mol. The summed E-state index contributed by atoms with van der Waals surface area (Å²) in [6, 6.07) is 15.6. The smallest absolute Gasteiger partial charge is 0.296 e. The number of benzene rings is 4. The van der Waals surface area contributed by atoms with E-state index in [1.54, 1.807) is 43.3 Å². The Hall–Kier alpha value is -3.70. The molecule has 0 heterocycles. The largest absolute Gasteiger partial charge is 0.505 e. The molecule has 190 valence electrons. The zero-order chi connectivity index (χ0) is 26.9. The minimum absolute atomic E-state index is 0.0125. The van der Waals surface area contributed by atoms with Crippen molar-refractivity contribution in [2.75, 3.05) is 12.4 Å². The van der Waals surface area contributed by atoms with Gasteiger partial charge in [-0.3, -0.25) is 9.35 Å². The molecular weight excluding hydrogens is 541 g/mol. The fraction of sp³-hybridized carbons (Fsp3) is 0.0800. The monoisotopic (exact) mass is 559 g/mol. The van der Waals surface area contributed by atoms with E-state index >= 15 is 0 Å². The Bertz CT molecular complexity index is 1690. The maximum Gasteiger partial charge on any atom is 0.296 e. The summed E-state index contributed by atoms with van der Waals surface area (Å²) in [6.45, 7) is 1.56. The fourth-order valence-electron chi connectivity index (χ4n) is 3.56. The molecule has 0 aliphatic rings. The van der Waals surface area contributed by atoms with Crippen LogP contribution in [0.25, 0.3) is 10.8 Å². The summed E-state index contributed by atoms with van der Waals surface area (Å²) in [5.41, 5.74) is 0.801. The van der Waals surface area contributed by atoms with Crippen LogP contribution >= 0.6 is 23.2 Å². The number of aryl methyl sites for hydroxylation is 1. The highest BCUT2D eigenvalue weighted by Gasteiger charge is 2.20. The number of methoxy groups -OCH3 is 1. The number of anilines is 1. The Labute approximate surface area is 222 Å². The van der Waals surface area contributed by atoms with Crippen molar-refractivity contribution >= 4 is 67.1 Å². The predicted octanol–water partition coefficient (Wildman–Crippen LogP) is 7.08. The van der Waals surface area contributed by atoms with E-state index in [-0.39, 0.29) is 27.0 Å². The van der Waals surface area contributed by atoms with Gasteiger partial charge in [0.1, 0.15) is 16.3 Å². The number of nitrogens with zero attached hydrogens (tertiary/aromatic N) is 2. The molecule has 4 rings (SSSR count). The summed E-state index contributed by atoms with van der Waals surface area (Å²) in [5.74, 6) is -0.550. The highest BCUT2D eigenvalue weighted by atomic mass is 35.5. The van der Waals surface area contributed by atoms with Gasteiger partial charge in [0.15, 0.2) is 5.75 Å². The molecule has 0 aliphatic carbocycles. The molecule has 0 unspecified atom stereocenters. The first kappa shape index (κ1) is 26.4. The first-order valence-electron chi connectivity index (χ1n) is 10.6. The van der Waals surface area contributed by atoms with E-state index in [2.05, 4.69) is 15.5 Å². The average Bonchev–Trinajstić information content (AvgIpc) is 2.85. The number of hydrogen-bond acceptors (Lipinski definition) is 7. The number of nitrogens with one attached hydrogen (secondary N) is 1. The summed E-state index contributed by atoms with van der Waals surface area (Å²) in [5, 5.41) is 23.1. The number of aromatic hydroxyl groups is 1. The molecule has 12 heteroatoms. The van der Waals surface area contributed by atoms with Crippen LogP contribution in [0.4, 0.5) is 17.1 Å². The van der Waals surface area contributed by atoms with E-state index < -0.39 is 26.7 Å². The summed E-state index contributed by atoms with van der Waals surface area (Å²) < 4.78 is 37.5. The Morgan fingerprint density at radius 1 is 1.00 bits per heavy atom. The molecule has 0 aliphatic heterocycles. The van der Waals surface area contributed by atoms with Gasteiger partial charge in [-0.1, -0.05) is 47.5 Å². The van der Waals surface area contributed by atoms with E-state index in [1.165, 1.54) is 25.3 Å². The quantitative estimate of drug-likeness (QED) is 0.170. The number of amides is 1. The lowest BCUT2D eigenvalue weighted by atomic mass is 10.0. The van der Waals surface area contributed by atoms with E-state index in [1.807, 2.05) is 0 Å². The lowest BCUT2D eigenvalue weighted by molar-refractivity contribution is 0.102. The van der Waals surface area contributed by atoms with Crippen molar-refractivity contribution in [1.29, 1.82) is 0 Å².